The fourth-order valence-electron chi connectivity index (χ4n) is 4.54. The summed E-state index contributed by atoms with van der Waals surface area (Å²) < 4.78 is 2.06. The van der Waals surface area contributed by atoms with Crippen LogP contribution in [0.4, 0.5) is 0 Å². The zero-order chi connectivity index (χ0) is 16.5. The molecule has 4 nitrogen and oxygen atoms in total. The molecule has 2 atom stereocenters. The van der Waals surface area contributed by atoms with E-state index in [2.05, 4.69) is 20.9 Å². The second kappa shape index (κ2) is 6.60. The molecule has 2 saturated heterocycles. The van der Waals surface area contributed by atoms with Gasteiger partial charge in [0.25, 0.3) is 5.91 Å². The monoisotopic (exact) mass is 325 g/mol. The molecular formula is C20H27N3O. The van der Waals surface area contributed by atoms with Crippen LogP contribution in [0.15, 0.2) is 30.5 Å². The Morgan fingerprint density at radius 2 is 2.04 bits per heavy atom. The van der Waals surface area contributed by atoms with Crippen LogP contribution in [0.3, 0.4) is 0 Å². The molecule has 1 amide bonds. The summed E-state index contributed by atoms with van der Waals surface area (Å²) >= 11 is 0. The largest absolute Gasteiger partial charge is 0.352 e. The molecule has 0 radical (unpaired) electrons. The van der Waals surface area contributed by atoms with E-state index in [1.807, 2.05) is 31.4 Å². The third-order valence-corrected chi connectivity index (χ3v) is 5.90. The molecule has 2 fully saturated rings. The van der Waals surface area contributed by atoms with Crippen molar-refractivity contribution < 1.29 is 4.79 Å². The first kappa shape index (κ1) is 15.7. The van der Waals surface area contributed by atoms with Gasteiger partial charge >= 0.3 is 0 Å². The molecule has 0 spiro atoms. The second-order valence-electron chi connectivity index (χ2n) is 7.41. The normalized spacial score (nSPS) is 24.7. The smallest absolute Gasteiger partial charge is 0.251 e. The molecule has 0 aliphatic carbocycles. The number of nitrogens with one attached hydrogen (secondary N) is 1. The van der Waals surface area contributed by atoms with Gasteiger partial charge in [-0.25, -0.2) is 0 Å². The molecule has 1 N–H and O–H groups in total. The highest BCUT2D eigenvalue weighted by Gasteiger charge is 2.32. The van der Waals surface area contributed by atoms with Crippen molar-refractivity contribution in [2.75, 3.05) is 19.6 Å². The molecule has 1 aromatic carbocycles. The number of aromatic nitrogens is 1. The SMILES string of the molecule is Cn1ccc2ccc(C(=O)NCC3CCCN4CCCCC34)cc21. The second-order valence-corrected chi connectivity index (χ2v) is 7.41. The van der Waals surface area contributed by atoms with Crippen molar-refractivity contribution in [2.24, 2.45) is 13.0 Å². The number of carbonyl (C=O) groups excluding carboxylic acids is 1. The van der Waals surface area contributed by atoms with Gasteiger partial charge in [0, 0.05) is 36.9 Å². The minimum Gasteiger partial charge on any atom is -0.352 e. The minimum atomic E-state index is 0.0611. The summed E-state index contributed by atoms with van der Waals surface area (Å²) in [5.41, 5.74) is 1.87. The van der Waals surface area contributed by atoms with Crippen molar-refractivity contribution >= 4 is 16.8 Å². The van der Waals surface area contributed by atoms with Gasteiger partial charge in [-0.3, -0.25) is 4.79 Å². The Morgan fingerprint density at radius 1 is 1.17 bits per heavy atom. The van der Waals surface area contributed by atoms with Crippen LogP contribution in [-0.4, -0.2) is 41.1 Å². The van der Waals surface area contributed by atoms with Gasteiger partial charge in [-0.1, -0.05) is 12.5 Å². The Morgan fingerprint density at radius 3 is 2.96 bits per heavy atom. The van der Waals surface area contributed by atoms with Crippen LogP contribution in [0.2, 0.25) is 0 Å². The molecule has 4 heteroatoms. The maximum absolute atomic E-state index is 12.6. The Bertz CT molecular complexity index is 734. The van der Waals surface area contributed by atoms with E-state index < -0.39 is 0 Å². The molecule has 4 rings (SSSR count). The van der Waals surface area contributed by atoms with Gasteiger partial charge in [-0.2, -0.15) is 0 Å². The van der Waals surface area contributed by atoms with Gasteiger partial charge in [-0.05, 0) is 68.3 Å². The van der Waals surface area contributed by atoms with Crippen molar-refractivity contribution in [1.29, 1.82) is 0 Å². The lowest BCUT2D eigenvalue weighted by Crippen LogP contribution is -2.51. The number of aryl methyl sites for hydroxylation is 1. The zero-order valence-corrected chi connectivity index (χ0v) is 14.5. The van der Waals surface area contributed by atoms with E-state index in [9.17, 15) is 4.79 Å². The number of hydrogen-bond donors (Lipinski definition) is 1. The standard InChI is InChI=1S/C20H27N3O/c1-22-12-9-15-7-8-16(13-19(15)22)20(24)21-14-17-5-4-11-23-10-3-2-6-18(17)23/h7-9,12-13,17-18H,2-6,10-11,14H2,1H3,(H,21,24). The maximum Gasteiger partial charge on any atom is 0.251 e. The zero-order valence-electron chi connectivity index (χ0n) is 14.5. The molecule has 24 heavy (non-hydrogen) atoms. The third-order valence-electron chi connectivity index (χ3n) is 5.90. The Hall–Kier alpha value is -1.81. The van der Waals surface area contributed by atoms with Crippen LogP contribution in [0, 0.1) is 5.92 Å². The number of carbonyl (C=O) groups is 1. The lowest BCUT2D eigenvalue weighted by Gasteiger charge is -2.44. The highest BCUT2D eigenvalue weighted by atomic mass is 16.1. The topological polar surface area (TPSA) is 37.3 Å². The molecule has 1 aromatic heterocycles. The van der Waals surface area contributed by atoms with Crippen molar-refractivity contribution in [1.82, 2.24) is 14.8 Å². The molecule has 2 aromatic rings. The summed E-state index contributed by atoms with van der Waals surface area (Å²) in [6.07, 6.45) is 8.54. The number of benzene rings is 1. The van der Waals surface area contributed by atoms with Gasteiger partial charge in [0.2, 0.25) is 0 Å². The maximum atomic E-state index is 12.6. The molecule has 2 aliphatic rings. The van der Waals surface area contributed by atoms with Gasteiger partial charge in [0.15, 0.2) is 0 Å². The predicted octanol–water partition coefficient (Wildman–Crippen LogP) is 3.17. The number of fused-ring (bicyclic) bond motifs is 2. The number of amides is 1. The molecule has 2 aliphatic heterocycles. The summed E-state index contributed by atoms with van der Waals surface area (Å²) in [4.78, 5) is 15.2. The number of piperidine rings is 2. The van der Waals surface area contributed by atoms with E-state index in [1.165, 1.54) is 50.6 Å². The van der Waals surface area contributed by atoms with Gasteiger partial charge in [0.1, 0.15) is 0 Å². The molecule has 3 heterocycles. The summed E-state index contributed by atoms with van der Waals surface area (Å²) in [6, 6.07) is 8.73. The average Bonchev–Trinajstić information content (AvgIpc) is 3.00. The first-order valence-corrected chi connectivity index (χ1v) is 9.30. The Labute approximate surface area is 143 Å². The fraction of sp³-hybridized carbons (Fsp3) is 0.550. The number of nitrogens with zero attached hydrogens (tertiary/aromatic N) is 2. The van der Waals surface area contributed by atoms with Crippen LogP contribution < -0.4 is 5.32 Å². The summed E-state index contributed by atoms with van der Waals surface area (Å²) in [5.74, 6) is 0.674. The number of rotatable bonds is 3. The van der Waals surface area contributed by atoms with E-state index in [0.717, 1.165) is 17.6 Å². The van der Waals surface area contributed by atoms with Gasteiger partial charge in [-0.15, -0.1) is 0 Å². The lowest BCUT2D eigenvalue weighted by atomic mass is 9.83. The van der Waals surface area contributed by atoms with Gasteiger partial charge < -0.3 is 14.8 Å². The van der Waals surface area contributed by atoms with Crippen LogP contribution in [0.25, 0.3) is 10.9 Å². The molecular weight excluding hydrogens is 298 g/mol. The third kappa shape index (κ3) is 2.95. The highest BCUT2D eigenvalue weighted by Crippen LogP contribution is 2.30. The first-order valence-electron chi connectivity index (χ1n) is 9.30. The molecule has 2 unspecified atom stereocenters. The van der Waals surface area contributed by atoms with E-state index >= 15 is 0 Å². The predicted molar refractivity (Wildman–Crippen MR) is 97.2 cm³/mol. The summed E-state index contributed by atoms with van der Waals surface area (Å²) in [7, 11) is 2.02. The van der Waals surface area contributed by atoms with Crippen LogP contribution >= 0.6 is 0 Å². The quantitative estimate of drug-likeness (QED) is 0.941. The van der Waals surface area contributed by atoms with E-state index in [4.69, 9.17) is 0 Å². The van der Waals surface area contributed by atoms with Crippen molar-refractivity contribution in [3.8, 4) is 0 Å². The van der Waals surface area contributed by atoms with E-state index in [0.29, 0.717) is 12.0 Å². The summed E-state index contributed by atoms with van der Waals surface area (Å²) in [5, 5.41) is 4.38. The average molecular weight is 325 g/mol. The minimum absolute atomic E-state index is 0.0611. The van der Waals surface area contributed by atoms with E-state index in [1.54, 1.807) is 0 Å². The fourth-order valence-corrected chi connectivity index (χ4v) is 4.54. The first-order chi connectivity index (χ1) is 11.7. The molecule has 0 saturated carbocycles. The highest BCUT2D eigenvalue weighted by molar-refractivity contribution is 5.98. The van der Waals surface area contributed by atoms with Crippen LogP contribution in [0.1, 0.15) is 42.5 Å². The molecule has 0 bridgehead atoms. The molecule has 128 valence electrons. The lowest BCUT2D eigenvalue weighted by molar-refractivity contribution is 0.0575. The summed E-state index contributed by atoms with van der Waals surface area (Å²) in [6.45, 7) is 3.31. The van der Waals surface area contributed by atoms with E-state index in [-0.39, 0.29) is 5.91 Å². The van der Waals surface area contributed by atoms with Crippen LogP contribution in [0.5, 0.6) is 0 Å². The Balaban J connectivity index is 1.42. The van der Waals surface area contributed by atoms with Crippen molar-refractivity contribution in [2.45, 2.75) is 38.1 Å². The van der Waals surface area contributed by atoms with Crippen molar-refractivity contribution in [3.63, 3.8) is 0 Å². The van der Waals surface area contributed by atoms with Gasteiger partial charge in [0.05, 0.1) is 0 Å². The van der Waals surface area contributed by atoms with Crippen LogP contribution in [-0.2, 0) is 7.05 Å². The number of hydrogen-bond acceptors (Lipinski definition) is 2. The van der Waals surface area contributed by atoms with Crippen molar-refractivity contribution in [3.05, 3.63) is 36.0 Å². The Kier molecular flexibility index (Phi) is 4.31.